The number of carbonyl (C=O) groups is 1. The molecule has 132 valence electrons. The topological polar surface area (TPSA) is 59.8 Å². The van der Waals surface area contributed by atoms with Gasteiger partial charge in [0.05, 0.1) is 16.7 Å². The molecule has 0 aliphatic carbocycles. The highest BCUT2D eigenvalue weighted by Crippen LogP contribution is 2.25. The number of ether oxygens (including phenoxy) is 1. The van der Waals surface area contributed by atoms with Crippen molar-refractivity contribution < 1.29 is 13.9 Å². The van der Waals surface area contributed by atoms with E-state index < -0.39 is 5.63 Å². The van der Waals surface area contributed by atoms with E-state index in [1.165, 1.54) is 6.07 Å². The van der Waals surface area contributed by atoms with Crippen LogP contribution in [-0.4, -0.2) is 30.0 Å². The zero-order chi connectivity index (χ0) is 18.0. The van der Waals surface area contributed by atoms with Gasteiger partial charge in [0.15, 0.2) is 0 Å². The van der Waals surface area contributed by atoms with Crippen LogP contribution in [0.3, 0.4) is 0 Å². The molecule has 7 heteroatoms. The Kier molecular flexibility index (Phi) is 5.35. The van der Waals surface area contributed by atoms with Gasteiger partial charge in [0, 0.05) is 37.0 Å². The summed E-state index contributed by atoms with van der Waals surface area (Å²) in [6, 6.07) is 7.88. The molecule has 1 aliphatic heterocycles. The number of piperidine rings is 1. The summed E-state index contributed by atoms with van der Waals surface area (Å²) in [5.41, 5.74) is 0.0155. The Bertz CT molecular complexity index is 841. The zero-order valence-electron chi connectivity index (χ0n) is 13.6. The van der Waals surface area contributed by atoms with Crippen LogP contribution in [0.4, 0.5) is 0 Å². The Morgan fingerprint density at radius 3 is 2.56 bits per heavy atom. The van der Waals surface area contributed by atoms with E-state index in [0.717, 1.165) is 0 Å². The fraction of sp³-hybridized carbons (Fsp3) is 0.333. The molecule has 0 saturated carbocycles. The van der Waals surface area contributed by atoms with E-state index in [9.17, 15) is 9.59 Å². The van der Waals surface area contributed by atoms with Crippen LogP contribution >= 0.6 is 23.2 Å². The Balaban J connectivity index is 1.61. The van der Waals surface area contributed by atoms with E-state index in [0.29, 0.717) is 53.0 Å². The van der Waals surface area contributed by atoms with Crippen LogP contribution in [0.2, 0.25) is 10.0 Å². The lowest BCUT2D eigenvalue weighted by Gasteiger charge is -2.32. The fourth-order valence-corrected chi connectivity index (χ4v) is 3.34. The molecular weight excluding hydrogens is 365 g/mol. The number of benzene rings is 1. The van der Waals surface area contributed by atoms with Gasteiger partial charge in [-0.3, -0.25) is 4.79 Å². The van der Waals surface area contributed by atoms with Crippen molar-refractivity contribution in [1.82, 2.24) is 4.90 Å². The van der Waals surface area contributed by atoms with Crippen LogP contribution in [0.15, 0.2) is 39.5 Å². The van der Waals surface area contributed by atoms with Gasteiger partial charge in [0.25, 0.3) is 5.91 Å². The van der Waals surface area contributed by atoms with E-state index in [1.807, 2.05) is 0 Å². The van der Waals surface area contributed by atoms with Crippen LogP contribution in [0.25, 0.3) is 0 Å². The molecule has 0 bridgehead atoms. The number of halogens is 2. The lowest BCUT2D eigenvalue weighted by Crippen LogP contribution is -2.41. The van der Waals surface area contributed by atoms with Gasteiger partial charge in [-0.15, -0.1) is 0 Å². The summed E-state index contributed by atoms with van der Waals surface area (Å²) in [6.07, 6.45) is 1.30. The van der Waals surface area contributed by atoms with Gasteiger partial charge >= 0.3 is 5.63 Å². The highest BCUT2D eigenvalue weighted by Gasteiger charge is 2.26. The average molecular weight is 382 g/mol. The van der Waals surface area contributed by atoms with Crippen molar-refractivity contribution in [1.29, 1.82) is 0 Å². The largest absolute Gasteiger partial charge is 0.490 e. The molecule has 2 aromatic rings. The van der Waals surface area contributed by atoms with Crippen LogP contribution in [0.5, 0.6) is 5.75 Å². The summed E-state index contributed by atoms with van der Waals surface area (Å²) in [5, 5.41) is 0.846. The van der Waals surface area contributed by atoms with E-state index in [4.69, 9.17) is 32.4 Å². The third-order valence-corrected chi connectivity index (χ3v) is 4.61. The Labute approximate surface area is 155 Å². The van der Waals surface area contributed by atoms with Gasteiger partial charge in [-0.2, -0.15) is 0 Å². The fourth-order valence-electron chi connectivity index (χ4n) is 2.85. The second-order valence-corrected chi connectivity index (χ2v) is 6.80. The van der Waals surface area contributed by atoms with Crippen molar-refractivity contribution in [3.63, 3.8) is 0 Å². The normalized spacial score (nSPS) is 15.2. The number of amides is 1. The van der Waals surface area contributed by atoms with Crippen molar-refractivity contribution in [2.45, 2.75) is 25.9 Å². The standard InChI is InChI=1S/C18H17Cl2NO4/c1-11-8-14(10-17(22)24-11)25-13-4-6-21(7-5-13)18(23)15-3-2-12(19)9-16(15)20/h2-3,8-10,13H,4-7H2,1H3. The number of rotatable bonds is 3. The minimum Gasteiger partial charge on any atom is -0.490 e. The van der Waals surface area contributed by atoms with E-state index in [1.54, 1.807) is 36.1 Å². The maximum atomic E-state index is 12.6. The van der Waals surface area contributed by atoms with E-state index in [2.05, 4.69) is 0 Å². The molecule has 1 aromatic heterocycles. The molecular formula is C18H17Cl2NO4. The third-order valence-electron chi connectivity index (χ3n) is 4.06. The monoisotopic (exact) mass is 381 g/mol. The second-order valence-electron chi connectivity index (χ2n) is 5.96. The van der Waals surface area contributed by atoms with Crippen molar-refractivity contribution >= 4 is 29.1 Å². The Morgan fingerprint density at radius 1 is 1.20 bits per heavy atom. The first kappa shape index (κ1) is 17.8. The quantitative estimate of drug-likeness (QED) is 0.807. The van der Waals surface area contributed by atoms with Gasteiger partial charge in [-0.25, -0.2) is 4.79 Å². The first-order valence-electron chi connectivity index (χ1n) is 7.95. The van der Waals surface area contributed by atoms with Crippen LogP contribution < -0.4 is 10.4 Å². The molecule has 1 amide bonds. The summed E-state index contributed by atoms with van der Waals surface area (Å²) in [5.74, 6) is 0.892. The number of carbonyl (C=O) groups excluding carboxylic acids is 1. The molecule has 0 radical (unpaired) electrons. The maximum Gasteiger partial charge on any atom is 0.339 e. The molecule has 1 fully saturated rings. The molecule has 0 spiro atoms. The molecule has 25 heavy (non-hydrogen) atoms. The lowest BCUT2D eigenvalue weighted by molar-refractivity contribution is 0.0594. The van der Waals surface area contributed by atoms with E-state index >= 15 is 0 Å². The first-order valence-corrected chi connectivity index (χ1v) is 8.71. The highest BCUT2D eigenvalue weighted by atomic mass is 35.5. The highest BCUT2D eigenvalue weighted by molar-refractivity contribution is 6.36. The summed E-state index contributed by atoms with van der Waals surface area (Å²) >= 11 is 12.0. The molecule has 0 N–H and O–H groups in total. The van der Waals surface area contributed by atoms with Gasteiger partial charge in [-0.1, -0.05) is 23.2 Å². The van der Waals surface area contributed by atoms with Gasteiger partial charge in [-0.05, 0) is 25.1 Å². The number of hydrogen-bond acceptors (Lipinski definition) is 4. The average Bonchev–Trinajstić information content (AvgIpc) is 2.54. The first-order chi connectivity index (χ1) is 11.9. The van der Waals surface area contributed by atoms with Gasteiger partial charge in [0.1, 0.15) is 17.6 Å². The molecule has 2 heterocycles. The summed E-state index contributed by atoms with van der Waals surface area (Å²) in [6.45, 7) is 2.82. The summed E-state index contributed by atoms with van der Waals surface area (Å²) < 4.78 is 10.8. The maximum absolute atomic E-state index is 12.6. The lowest BCUT2D eigenvalue weighted by atomic mass is 10.1. The predicted octanol–water partition coefficient (Wildman–Crippen LogP) is 3.94. The molecule has 5 nitrogen and oxygen atoms in total. The summed E-state index contributed by atoms with van der Waals surface area (Å²) in [4.78, 5) is 25.7. The molecule has 0 atom stereocenters. The van der Waals surface area contributed by atoms with Crippen molar-refractivity contribution in [2.24, 2.45) is 0 Å². The minimum atomic E-state index is -0.431. The van der Waals surface area contributed by atoms with E-state index in [-0.39, 0.29) is 12.0 Å². The van der Waals surface area contributed by atoms with Crippen LogP contribution in [-0.2, 0) is 0 Å². The molecule has 3 rings (SSSR count). The van der Waals surface area contributed by atoms with Crippen LogP contribution in [0, 0.1) is 6.92 Å². The predicted molar refractivity (Wildman–Crippen MR) is 95.7 cm³/mol. The number of hydrogen-bond donors (Lipinski definition) is 0. The molecule has 1 aromatic carbocycles. The van der Waals surface area contributed by atoms with Crippen molar-refractivity contribution in [3.8, 4) is 5.75 Å². The number of likely N-dealkylation sites (tertiary alicyclic amines) is 1. The second kappa shape index (κ2) is 7.50. The minimum absolute atomic E-state index is 0.0501. The third kappa shape index (κ3) is 4.35. The van der Waals surface area contributed by atoms with Crippen molar-refractivity contribution in [3.05, 3.63) is 62.1 Å². The SMILES string of the molecule is Cc1cc(OC2CCN(C(=O)c3ccc(Cl)cc3Cl)CC2)cc(=O)o1. The number of nitrogens with zero attached hydrogens (tertiary/aromatic N) is 1. The van der Waals surface area contributed by atoms with Crippen molar-refractivity contribution in [2.75, 3.05) is 13.1 Å². The molecule has 1 aliphatic rings. The van der Waals surface area contributed by atoms with Gasteiger partial charge in [0.2, 0.25) is 0 Å². The van der Waals surface area contributed by atoms with Crippen LogP contribution in [0.1, 0.15) is 29.0 Å². The zero-order valence-corrected chi connectivity index (χ0v) is 15.1. The molecule has 1 saturated heterocycles. The Morgan fingerprint density at radius 2 is 1.92 bits per heavy atom. The van der Waals surface area contributed by atoms with Gasteiger partial charge < -0.3 is 14.1 Å². The number of aryl methyl sites for hydroxylation is 1. The smallest absolute Gasteiger partial charge is 0.339 e. The summed E-state index contributed by atoms with van der Waals surface area (Å²) in [7, 11) is 0. The Hall–Kier alpha value is -1.98. The molecule has 0 unspecified atom stereocenters.